The molecular formula is C16H16N2O2S. The number of hydrogen-bond donors (Lipinski definition) is 1. The number of hydrogen-bond acceptors (Lipinski definition) is 4. The zero-order valence-corrected chi connectivity index (χ0v) is 12.8. The minimum atomic E-state index is -0.192. The van der Waals surface area contributed by atoms with Gasteiger partial charge in [-0.25, -0.2) is 4.98 Å². The van der Waals surface area contributed by atoms with E-state index in [1.807, 2.05) is 13.0 Å². The van der Waals surface area contributed by atoms with E-state index in [1.165, 1.54) is 0 Å². The molecule has 0 saturated heterocycles. The van der Waals surface area contributed by atoms with E-state index in [2.05, 4.69) is 16.8 Å². The average Bonchev–Trinajstić information content (AvgIpc) is 2.90. The molecule has 1 heterocycles. The molecule has 1 aromatic heterocycles. The van der Waals surface area contributed by atoms with Crippen LogP contribution in [0.5, 0.6) is 0 Å². The number of nitrogens with zero attached hydrogens (tertiary/aromatic N) is 2. The Morgan fingerprint density at radius 3 is 2.95 bits per heavy atom. The summed E-state index contributed by atoms with van der Waals surface area (Å²) >= 11 is 1.55. The van der Waals surface area contributed by atoms with Crippen molar-refractivity contribution in [1.82, 2.24) is 9.88 Å². The van der Waals surface area contributed by atoms with E-state index < -0.39 is 0 Å². The molecule has 0 spiro atoms. The van der Waals surface area contributed by atoms with Crippen LogP contribution in [-0.4, -0.2) is 34.6 Å². The van der Waals surface area contributed by atoms with Crippen molar-refractivity contribution in [3.63, 3.8) is 0 Å². The van der Waals surface area contributed by atoms with Crippen molar-refractivity contribution < 1.29 is 9.90 Å². The summed E-state index contributed by atoms with van der Waals surface area (Å²) in [5.41, 5.74) is 4.05. The van der Waals surface area contributed by atoms with Crippen molar-refractivity contribution in [2.75, 3.05) is 13.7 Å². The molecule has 5 heteroatoms. The average molecular weight is 300 g/mol. The minimum Gasteiger partial charge on any atom is -0.384 e. The molecule has 0 fully saturated rings. The summed E-state index contributed by atoms with van der Waals surface area (Å²) in [5.74, 6) is 5.32. The summed E-state index contributed by atoms with van der Waals surface area (Å²) < 4.78 is 0. The summed E-state index contributed by atoms with van der Waals surface area (Å²) in [4.78, 5) is 19.4. The number of aryl methyl sites for hydroxylation is 1. The zero-order chi connectivity index (χ0) is 15.2. The van der Waals surface area contributed by atoms with E-state index in [0.717, 1.165) is 16.1 Å². The van der Waals surface area contributed by atoms with E-state index in [4.69, 9.17) is 5.11 Å². The van der Waals surface area contributed by atoms with Gasteiger partial charge in [-0.1, -0.05) is 17.9 Å². The fourth-order valence-corrected chi connectivity index (χ4v) is 2.69. The van der Waals surface area contributed by atoms with Crippen LogP contribution in [0.4, 0.5) is 0 Å². The lowest BCUT2D eigenvalue weighted by atomic mass is 10.1. The Kier molecular flexibility index (Phi) is 5.09. The molecular weight excluding hydrogens is 284 g/mol. The molecule has 0 atom stereocenters. The standard InChI is InChI=1S/C16H16N2O2S/c1-12-15(21-11-17-12)10-18(2)16(20)14-7-3-5-13(9-14)6-4-8-19/h3,5,7,9,11,19H,8,10H2,1-2H3. The zero-order valence-electron chi connectivity index (χ0n) is 12.0. The summed E-state index contributed by atoms with van der Waals surface area (Å²) in [6.07, 6.45) is 0. The van der Waals surface area contributed by atoms with Gasteiger partial charge in [0.05, 0.1) is 17.7 Å². The number of aliphatic hydroxyl groups is 1. The van der Waals surface area contributed by atoms with E-state index in [0.29, 0.717) is 12.1 Å². The van der Waals surface area contributed by atoms with Crippen molar-refractivity contribution >= 4 is 17.2 Å². The molecule has 0 unspecified atom stereocenters. The molecule has 21 heavy (non-hydrogen) atoms. The maximum absolute atomic E-state index is 12.4. The third-order valence-corrected chi connectivity index (χ3v) is 3.91. The van der Waals surface area contributed by atoms with Crippen molar-refractivity contribution in [1.29, 1.82) is 0 Å². The highest BCUT2D eigenvalue weighted by Gasteiger charge is 2.14. The summed E-state index contributed by atoms with van der Waals surface area (Å²) in [5, 5.41) is 8.71. The molecule has 1 amide bonds. The Hall–Kier alpha value is -2.16. The lowest BCUT2D eigenvalue weighted by Crippen LogP contribution is -2.26. The maximum atomic E-state index is 12.4. The molecule has 0 aliphatic rings. The molecule has 0 saturated carbocycles. The van der Waals surface area contributed by atoms with E-state index in [-0.39, 0.29) is 12.5 Å². The lowest BCUT2D eigenvalue weighted by molar-refractivity contribution is 0.0786. The van der Waals surface area contributed by atoms with Crippen molar-refractivity contribution in [3.8, 4) is 11.8 Å². The van der Waals surface area contributed by atoms with Gasteiger partial charge in [0.2, 0.25) is 0 Å². The van der Waals surface area contributed by atoms with Crippen LogP contribution in [-0.2, 0) is 6.54 Å². The number of benzene rings is 1. The van der Waals surface area contributed by atoms with E-state index in [1.54, 1.807) is 47.0 Å². The number of aliphatic hydroxyl groups excluding tert-OH is 1. The van der Waals surface area contributed by atoms with Crippen molar-refractivity contribution in [2.45, 2.75) is 13.5 Å². The van der Waals surface area contributed by atoms with Gasteiger partial charge in [0.15, 0.2) is 0 Å². The van der Waals surface area contributed by atoms with Crippen LogP contribution in [0.2, 0.25) is 0 Å². The van der Waals surface area contributed by atoms with Gasteiger partial charge >= 0.3 is 0 Å². The van der Waals surface area contributed by atoms with Gasteiger partial charge in [-0.15, -0.1) is 11.3 Å². The molecule has 2 rings (SSSR count). The SMILES string of the molecule is Cc1ncsc1CN(C)C(=O)c1cccc(C#CCO)c1. The second-order valence-electron chi connectivity index (χ2n) is 4.56. The van der Waals surface area contributed by atoms with Crippen LogP contribution in [0.15, 0.2) is 29.8 Å². The topological polar surface area (TPSA) is 53.4 Å². The molecule has 108 valence electrons. The van der Waals surface area contributed by atoms with Gasteiger partial charge in [-0.05, 0) is 25.1 Å². The van der Waals surface area contributed by atoms with Crippen LogP contribution < -0.4 is 0 Å². The Labute approximate surface area is 128 Å². The smallest absolute Gasteiger partial charge is 0.253 e. The first-order valence-electron chi connectivity index (χ1n) is 6.46. The highest BCUT2D eigenvalue weighted by atomic mass is 32.1. The third kappa shape index (κ3) is 3.91. The predicted molar refractivity (Wildman–Crippen MR) is 83.1 cm³/mol. The third-order valence-electron chi connectivity index (χ3n) is 2.99. The first kappa shape index (κ1) is 15.2. The lowest BCUT2D eigenvalue weighted by Gasteiger charge is -2.16. The van der Waals surface area contributed by atoms with Gasteiger partial charge < -0.3 is 10.0 Å². The van der Waals surface area contributed by atoms with Crippen LogP contribution >= 0.6 is 11.3 Å². The Bertz CT molecular complexity index is 698. The fourth-order valence-electron chi connectivity index (χ4n) is 1.86. The number of carbonyl (C=O) groups is 1. The molecule has 0 aliphatic carbocycles. The van der Waals surface area contributed by atoms with Crippen LogP contribution in [0.1, 0.15) is 26.5 Å². The first-order chi connectivity index (χ1) is 10.1. The monoisotopic (exact) mass is 300 g/mol. The highest BCUT2D eigenvalue weighted by Crippen LogP contribution is 2.16. The quantitative estimate of drug-likeness (QED) is 0.883. The highest BCUT2D eigenvalue weighted by molar-refractivity contribution is 7.09. The van der Waals surface area contributed by atoms with Gasteiger partial charge in [0.25, 0.3) is 5.91 Å². The number of aromatic nitrogens is 1. The van der Waals surface area contributed by atoms with Gasteiger partial charge in [0.1, 0.15) is 6.61 Å². The number of amides is 1. The van der Waals surface area contributed by atoms with Crippen molar-refractivity contribution in [3.05, 3.63) is 51.5 Å². The number of carbonyl (C=O) groups excluding carboxylic acids is 1. The van der Waals surface area contributed by atoms with Crippen LogP contribution in [0.25, 0.3) is 0 Å². The second kappa shape index (κ2) is 7.02. The maximum Gasteiger partial charge on any atom is 0.253 e. The predicted octanol–water partition coefficient (Wildman–Crippen LogP) is 2.07. The molecule has 0 aliphatic heterocycles. The molecule has 1 N–H and O–H groups in total. The van der Waals surface area contributed by atoms with Crippen LogP contribution in [0.3, 0.4) is 0 Å². The summed E-state index contributed by atoms with van der Waals surface area (Å²) in [6.45, 7) is 2.29. The Morgan fingerprint density at radius 2 is 2.29 bits per heavy atom. The largest absolute Gasteiger partial charge is 0.384 e. The molecule has 4 nitrogen and oxygen atoms in total. The van der Waals surface area contributed by atoms with E-state index in [9.17, 15) is 4.79 Å². The normalized spacial score (nSPS) is 9.86. The summed E-state index contributed by atoms with van der Waals surface area (Å²) in [7, 11) is 1.77. The Morgan fingerprint density at radius 1 is 1.48 bits per heavy atom. The number of rotatable bonds is 3. The fraction of sp³-hybridized carbons (Fsp3) is 0.250. The second-order valence-corrected chi connectivity index (χ2v) is 5.50. The summed E-state index contributed by atoms with van der Waals surface area (Å²) in [6, 6.07) is 7.11. The minimum absolute atomic E-state index is 0.0598. The molecule has 0 bridgehead atoms. The van der Waals surface area contributed by atoms with E-state index >= 15 is 0 Å². The molecule has 2 aromatic rings. The number of thiazole rings is 1. The van der Waals surface area contributed by atoms with Gasteiger partial charge in [-0.3, -0.25) is 4.79 Å². The van der Waals surface area contributed by atoms with Crippen LogP contribution in [0, 0.1) is 18.8 Å². The molecule has 1 aromatic carbocycles. The first-order valence-corrected chi connectivity index (χ1v) is 7.34. The van der Waals surface area contributed by atoms with Crippen molar-refractivity contribution in [2.24, 2.45) is 0 Å². The Balaban J connectivity index is 2.14. The van der Waals surface area contributed by atoms with Gasteiger partial charge in [-0.2, -0.15) is 0 Å². The van der Waals surface area contributed by atoms with Gasteiger partial charge in [0, 0.05) is 23.1 Å². The molecule has 0 radical (unpaired) electrons.